The van der Waals surface area contributed by atoms with E-state index in [9.17, 15) is 13.2 Å². The van der Waals surface area contributed by atoms with Crippen LogP contribution in [0.25, 0.3) is 0 Å². The van der Waals surface area contributed by atoms with Crippen LogP contribution in [0, 0.1) is 20.8 Å². The van der Waals surface area contributed by atoms with Gasteiger partial charge < -0.3 is 4.74 Å². The van der Waals surface area contributed by atoms with Crippen molar-refractivity contribution in [2.75, 3.05) is 5.43 Å². The molecular formula is C25H26N2O4S. The smallest absolute Gasteiger partial charge is 0.408 e. The Morgan fingerprint density at radius 1 is 0.938 bits per heavy atom. The number of aryl methyl sites for hydroxylation is 4. The molecule has 0 saturated heterocycles. The lowest BCUT2D eigenvalue weighted by Gasteiger charge is -2.25. The Balaban J connectivity index is 1.75. The molecule has 0 fully saturated rings. The molecule has 1 N–H and O–H groups in total. The van der Waals surface area contributed by atoms with Gasteiger partial charge in [-0.2, -0.15) is 8.42 Å². The van der Waals surface area contributed by atoms with E-state index < -0.39 is 16.1 Å². The maximum Gasteiger partial charge on any atom is 0.449 e. The maximum atomic E-state index is 13.7. The number of carbonyl (C=O) groups excluding carboxylic acids is 1. The van der Waals surface area contributed by atoms with Gasteiger partial charge in [0.1, 0.15) is 5.75 Å². The molecule has 1 aliphatic carbocycles. The molecule has 4 rings (SSSR count). The van der Waals surface area contributed by atoms with Crippen LogP contribution < -0.4 is 10.2 Å². The monoisotopic (exact) mass is 450 g/mol. The number of nitrogens with zero attached hydrogens (tertiary/aromatic N) is 1. The highest BCUT2D eigenvalue weighted by atomic mass is 32.2. The van der Waals surface area contributed by atoms with Crippen LogP contribution in [-0.4, -0.2) is 18.9 Å². The molecule has 166 valence electrons. The second-order valence-corrected chi connectivity index (χ2v) is 9.81. The van der Waals surface area contributed by atoms with Gasteiger partial charge in [0.2, 0.25) is 0 Å². The van der Waals surface area contributed by atoms with Crippen molar-refractivity contribution in [2.24, 2.45) is 0 Å². The Morgan fingerprint density at radius 3 is 2.31 bits per heavy atom. The van der Waals surface area contributed by atoms with E-state index in [0.717, 1.165) is 36.0 Å². The summed E-state index contributed by atoms with van der Waals surface area (Å²) in [4.78, 5) is 13.4. The largest absolute Gasteiger partial charge is 0.449 e. The molecular weight excluding hydrogens is 424 g/mol. The molecule has 0 unspecified atom stereocenters. The molecule has 1 aliphatic rings. The highest BCUT2D eigenvalue weighted by molar-refractivity contribution is 7.89. The number of nitrogens with one attached hydrogen (secondary N) is 1. The highest BCUT2D eigenvalue weighted by Crippen LogP contribution is 2.32. The average Bonchev–Trinajstić information content (AvgIpc) is 3.21. The number of sulfonamides is 1. The van der Waals surface area contributed by atoms with Gasteiger partial charge in [-0.1, -0.05) is 48.0 Å². The summed E-state index contributed by atoms with van der Waals surface area (Å²) in [7, 11) is -4.26. The molecule has 0 bridgehead atoms. The molecule has 0 saturated carbocycles. The van der Waals surface area contributed by atoms with Crippen molar-refractivity contribution in [3.8, 4) is 5.75 Å². The number of hydrogen-bond acceptors (Lipinski definition) is 5. The van der Waals surface area contributed by atoms with Gasteiger partial charge in [-0.25, -0.2) is 4.79 Å². The minimum absolute atomic E-state index is 0.0850. The Kier molecular flexibility index (Phi) is 5.93. The standard InChI is InChI=1S/C25H26N2O4S/c1-17-15-18(2)24(19(3)16-17)32(29,30)27(26-21-11-5-4-6-12-21)25(28)31-23-14-8-10-20-9-7-13-22(20)23/h4-6,8,10-12,14-16,26H,7,9,13H2,1-3H3. The van der Waals surface area contributed by atoms with Crippen LogP contribution in [0.15, 0.2) is 65.6 Å². The van der Waals surface area contributed by atoms with Gasteiger partial charge in [-0.3, -0.25) is 5.43 Å². The van der Waals surface area contributed by atoms with E-state index in [0.29, 0.717) is 27.0 Å². The van der Waals surface area contributed by atoms with Crippen LogP contribution in [0.2, 0.25) is 0 Å². The first-order chi connectivity index (χ1) is 15.3. The van der Waals surface area contributed by atoms with Gasteiger partial charge >= 0.3 is 6.09 Å². The van der Waals surface area contributed by atoms with E-state index in [2.05, 4.69) is 5.43 Å². The minimum Gasteiger partial charge on any atom is -0.408 e. The fourth-order valence-corrected chi connectivity index (χ4v) is 5.89. The first kappa shape index (κ1) is 21.9. The van der Waals surface area contributed by atoms with Crippen LogP contribution in [0.5, 0.6) is 5.75 Å². The number of ether oxygens (including phenoxy) is 1. The molecule has 0 radical (unpaired) electrons. The molecule has 3 aromatic carbocycles. The Bertz CT molecular complexity index is 1250. The second-order valence-electron chi connectivity index (χ2n) is 8.09. The number of hydrogen-bond donors (Lipinski definition) is 1. The van der Waals surface area contributed by atoms with Crippen molar-refractivity contribution in [3.05, 3.63) is 88.5 Å². The SMILES string of the molecule is Cc1cc(C)c(S(=O)(=O)N(Nc2ccccc2)C(=O)Oc2cccc3c2CCC3)c(C)c1. The fourth-order valence-electron chi connectivity index (χ4n) is 4.31. The maximum absolute atomic E-state index is 13.7. The number of benzene rings is 3. The topological polar surface area (TPSA) is 75.7 Å². The van der Waals surface area contributed by atoms with Crippen molar-refractivity contribution in [1.29, 1.82) is 0 Å². The van der Waals surface area contributed by atoms with Crippen molar-refractivity contribution >= 4 is 21.8 Å². The lowest BCUT2D eigenvalue weighted by molar-refractivity contribution is 0.184. The summed E-state index contributed by atoms with van der Waals surface area (Å²) in [5.41, 5.74) is 7.37. The number of rotatable bonds is 5. The Hall–Kier alpha value is -3.32. The summed E-state index contributed by atoms with van der Waals surface area (Å²) in [6.07, 6.45) is 1.70. The van der Waals surface area contributed by atoms with E-state index >= 15 is 0 Å². The number of para-hydroxylation sites is 1. The first-order valence-electron chi connectivity index (χ1n) is 10.5. The molecule has 7 heteroatoms. The van der Waals surface area contributed by atoms with Crippen LogP contribution in [-0.2, 0) is 22.9 Å². The number of hydrazine groups is 1. The van der Waals surface area contributed by atoms with Crippen molar-refractivity contribution in [1.82, 2.24) is 4.41 Å². The van der Waals surface area contributed by atoms with Gasteiger partial charge in [0, 0.05) is 0 Å². The summed E-state index contributed by atoms with van der Waals surface area (Å²) in [5, 5.41) is 0. The minimum atomic E-state index is -4.26. The summed E-state index contributed by atoms with van der Waals surface area (Å²) in [6, 6.07) is 17.8. The second kappa shape index (κ2) is 8.67. The average molecular weight is 451 g/mol. The number of carbonyl (C=O) groups is 1. The summed E-state index contributed by atoms with van der Waals surface area (Å²) in [5.74, 6) is 0.400. The van der Waals surface area contributed by atoms with Crippen molar-refractivity contribution in [2.45, 2.75) is 44.9 Å². The zero-order chi connectivity index (χ0) is 22.9. The summed E-state index contributed by atoms with van der Waals surface area (Å²) in [6.45, 7) is 5.35. The molecule has 0 atom stereocenters. The predicted octanol–water partition coefficient (Wildman–Crippen LogP) is 5.32. The normalized spacial score (nSPS) is 12.8. The molecule has 1 amide bonds. The Morgan fingerprint density at radius 2 is 1.62 bits per heavy atom. The molecule has 0 spiro atoms. The van der Waals surface area contributed by atoms with Crippen molar-refractivity contribution in [3.63, 3.8) is 0 Å². The van der Waals surface area contributed by atoms with E-state index in [1.807, 2.05) is 25.1 Å². The molecule has 0 aliphatic heterocycles. The molecule has 0 aromatic heterocycles. The third-order valence-corrected chi connectivity index (χ3v) is 7.45. The quantitative estimate of drug-likeness (QED) is 0.533. The van der Waals surface area contributed by atoms with Crippen LogP contribution in [0.1, 0.15) is 34.2 Å². The lowest BCUT2D eigenvalue weighted by atomic mass is 10.1. The van der Waals surface area contributed by atoms with Gasteiger partial charge in [0.25, 0.3) is 10.0 Å². The van der Waals surface area contributed by atoms with Gasteiger partial charge in [-0.15, -0.1) is 4.41 Å². The highest BCUT2D eigenvalue weighted by Gasteiger charge is 2.35. The first-order valence-corrected chi connectivity index (χ1v) is 12.0. The Labute approximate surface area is 188 Å². The predicted molar refractivity (Wildman–Crippen MR) is 124 cm³/mol. The lowest BCUT2D eigenvalue weighted by Crippen LogP contribution is -2.43. The molecule has 32 heavy (non-hydrogen) atoms. The number of amides is 1. The third-order valence-electron chi connectivity index (χ3n) is 5.57. The summed E-state index contributed by atoms with van der Waals surface area (Å²) >= 11 is 0. The van der Waals surface area contributed by atoms with Crippen molar-refractivity contribution < 1.29 is 17.9 Å². The van der Waals surface area contributed by atoms with Crippen LogP contribution in [0.4, 0.5) is 10.5 Å². The van der Waals surface area contributed by atoms with E-state index in [-0.39, 0.29) is 4.90 Å². The van der Waals surface area contributed by atoms with Gasteiger partial charge in [0.15, 0.2) is 0 Å². The van der Waals surface area contributed by atoms with Crippen LogP contribution in [0.3, 0.4) is 0 Å². The molecule has 0 heterocycles. The molecule has 6 nitrogen and oxygen atoms in total. The van der Waals surface area contributed by atoms with E-state index in [4.69, 9.17) is 4.74 Å². The number of anilines is 1. The van der Waals surface area contributed by atoms with Crippen LogP contribution >= 0.6 is 0 Å². The van der Waals surface area contributed by atoms with E-state index in [1.54, 1.807) is 56.3 Å². The van der Waals surface area contributed by atoms with Gasteiger partial charge in [-0.05, 0) is 80.5 Å². The number of fused-ring (bicyclic) bond motifs is 1. The zero-order valence-corrected chi connectivity index (χ0v) is 19.2. The van der Waals surface area contributed by atoms with E-state index in [1.165, 1.54) is 0 Å². The van der Waals surface area contributed by atoms with Gasteiger partial charge in [0.05, 0.1) is 10.6 Å². The molecule has 3 aromatic rings. The fraction of sp³-hybridized carbons (Fsp3) is 0.240. The summed E-state index contributed by atoms with van der Waals surface area (Å²) < 4.78 is 33.7. The zero-order valence-electron chi connectivity index (χ0n) is 18.4. The third kappa shape index (κ3) is 4.21.